The lowest BCUT2D eigenvalue weighted by atomic mass is 9.75. The Balaban J connectivity index is 2.17. The monoisotopic (exact) mass is 359 g/mol. The Morgan fingerprint density at radius 1 is 1.20 bits per heavy atom. The number of carbonyl (C=O) groups excluding carboxylic acids is 1. The Labute approximate surface area is 145 Å². The van der Waals surface area contributed by atoms with E-state index in [1.807, 2.05) is 6.92 Å². The Bertz CT molecular complexity index is 596. The zero-order chi connectivity index (χ0) is 18.5. The molecule has 0 atom stereocenters. The van der Waals surface area contributed by atoms with Crippen LogP contribution in [0, 0.1) is 5.41 Å². The molecule has 0 aliphatic heterocycles. The van der Waals surface area contributed by atoms with E-state index in [9.17, 15) is 18.0 Å². The van der Waals surface area contributed by atoms with Crippen molar-refractivity contribution in [3.05, 3.63) is 23.8 Å². The molecule has 0 unspecified atom stereocenters. The molecule has 1 fully saturated rings. The fourth-order valence-electron chi connectivity index (χ4n) is 3.03. The van der Waals surface area contributed by atoms with Crippen LogP contribution in [0.25, 0.3) is 0 Å². The van der Waals surface area contributed by atoms with Gasteiger partial charge in [0.05, 0.1) is 12.2 Å². The van der Waals surface area contributed by atoms with Crippen molar-refractivity contribution in [3.8, 4) is 5.75 Å². The summed E-state index contributed by atoms with van der Waals surface area (Å²) < 4.78 is 49.8. The first-order valence-corrected chi connectivity index (χ1v) is 8.41. The summed E-state index contributed by atoms with van der Waals surface area (Å²) in [6.45, 7) is 2.08. The lowest BCUT2D eigenvalue weighted by molar-refractivity contribution is -0.139. The Morgan fingerprint density at radius 2 is 1.88 bits per heavy atom. The fourth-order valence-corrected chi connectivity index (χ4v) is 3.03. The highest BCUT2D eigenvalue weighted by molar-refractivity contribution is 5.95. The van der Waals surface area contributed by atoms with Crippen molar-refractivity contribution in [2.24, 2.45) is 5.41 Å². The van der Waals surface area contributed by atoms with E-state index < -0.39 is 17.2 Å². The molecule has 0 saturated heterocycles. The van der Waals surface area contributed by atoms with Crippen LogP contribution >= 0.6 is 0 Å². The number of halogens is 3. The molecule has 0 heterocycles. The van der Waals surface area contributed by atoms with Crippen molar-refractivity contribution in [2.45, 2.75) is 45.2 Å². The largest absolute Gasteiger partial charge is 0.491 e. The molecule has 25 heavy (non-hydrogen) atoms. The Kier molecular flexibility index (Phi) is 6.32. The molecular formula is C18H24F3NO3. The minimum absolute atomic E-state index is 0.0172. The van der Waals surface area contributed by atoms with Crippen molar-refractivity contribution in [1.29, 1.82) is 0 Å². The van der Waals surface area contributed by atoms with E-state index in [-0.39, 0.29) is 30.6 Å². The number of carbonyl (C=O) groups is 1. The first-order valence-electron chi connectivity index (χ1n) is 8.41. The number of nitrogens with one attached hydrogen (secondary N) is 1. The van der Waals surface area contributed by atoms with Crippen LogP contribution < -0.4 is 10.1 Å². The fraction of sp³-hybridized carbons (Fsp3) is 0.611. The first kappa shape index (κ1) is 19.6. The maximum absolute atomic E-state index is 13.3. The van der Waals surface area contributed by atoms with Gasteiger partial charge in [-0.3, -0.25) is 4.79 Å². The summed E-state index contributed by atoms with van der Waals surface area (Å²) >= 11 is 0. The van der Waals surface area contributed by atoms with Crippen molar-refractivity contribution >= 4 is 11.6 Å². The van der Waals surface area contributed by atoms with Gasteiger partial charge in [-0.15, -0.1) is 0 Å². The first-order chi connectivity index (χ1) is 11.8. The van der Waals surface area contributed by atoms with Crippen LogP contribution in [0.5, 0.6) is 5.75 Å². The minimum atomic E-state index is -4.57. The summed E-state index contributed by atoms with van der Waals surface area (Å²) in [5, 5.41) is 2.64. The lowest BCUT2D eigenvalue weighted by Gasteiger charge is -2.32. The number of ether oxygens (including phenoxy) is 2. The highest BCUT2D eigenvalue weighted by Gasteiger charge is 2.37. The molecule has 1 aromatic rings. The number of rotatable bonds is 6. The van der Waals surface area contributed by atoms with E-state index in [4.69, 9.17) is 9.47 Å². The van der Waals surface area contributed by atoms with Gasteiger partial charge >= 0.3 is 6.18 Å². The summed E-state index contributed by atoms with van der Waals surface area (Å²) in [4.78, 5) is 12.5. The molecule has 0 bridgehead atoms. The van der Waals surface area contributed by atoms with E-state index in [2.05, 4.69) is 5.32 Å². The van der Waals surface area contributed by atoms with Gasteiger partial charge < -0.3 is 14.8 Å². The van der Waals surface area contributed by atoms with Crippen LogP contribution in [-0.4, -0.2) is 26.2 Å². The van der Waals surface area contributed by atoms with Crippen LogP contribution in [0.1, 0.15) is 44.6 Å². The summed E-state index contributed by atoms with van der Waals surface area (Å²) in [7, 11) is 1.44. The van der Waals surface area contributed by atoms with E-state index in [0.29, 0.717) is 0 Å². The molecule has 1 N–H and O–H groups in total. The van der Waals surface area contributed by atoms with E-state index >= 15 is 0 Å². The Hall–Kier alpha value is -1.76. The molecule has 1 saturated carbocycles. The second-order valence-corrected chi connectivity index (χ2v) is 6.63. The van der Waals surface area contributed by atoms with Gasteiger partial charge in [0.15, 0.2) is 0 Å². The van der Waals surface area contributed by atoms with Crippen LogP contribution in [0.15, 0.2) is 18.2 Å². The lowest BCUT2D eigenvalue weighted by Crippen LogP contribution is -2.35. The van der Waals surface area contributed by atoms with Gasteiger partial charge in [0.25, 0.3) is 0 Å². The molecule has 1 aliphatic rings. The zero-order valence-corrected chi connectivity index (χ0v) is 14.5. The second-order valence-electron chi connectivity index (χ2n) is 6.63. The number of methoxy groups -OCH3 is 1. The van der Waals surface area contributed by atoms with Crippen molar-refractivity contribution < 1.29 is 27.4 Å². The number of hydrogen-bond donors (Lipinski definition) is 1. The third-order valence-electron chi connectivity index (χ3n) is 4.59. The number of anilines is 1. The van der Waals surface area contributed by atoms with Crippen molar-refractivity contribution in [3.63, 3.8) is 0 Å². The molecule has 1 amide bonds. The van der Waals surface area contributed by atoms with Gasteiger partial charge in [-0.25, -0.2) is 0 Å². The standard InChI is InChI=1S/C18H24F3NO3/c1-17(8-4-3-5-9-17)16(23)22-13-6-7-15(25-11-10-24-2)14(12-13)18(19,20)21/h6-7,12H,3-5,8-11H2,1-2H3,(H,22,23). The predicted molar refractivity (Wildman–Crippen MR) is 88.6 cm³/mol. The minimum Gasteiger partial charge on any atom is -0.491 e. The smallest absolute Gasteiger partial charge is 0.420 e. The molecule has 1 aliphatic carbocycles. The van der Waals surface area contributed by atoms with Gasteiger partial charge in [0, 0.05) is 18.2 Å². The molecule has 0 radical (unpaired) electrons. The molecular weight excluding hydrogens is 335 g/mol. The van der Waals surface area contributed by atoms with Crippen molar-refractivity contribution in [2.75, 3.05) is 25.6 Å². The summed E-state index contributed by atoms with van der Waals surface area (Å²) in [6, 6.07) is 3.59. The predicted octanol–water partition coefficient (Wildman–Crippen LogP) is 4.64. The maximum Gasteiger partial charge on any atom is 0.420 e. The number of hydrogen-bond acceptors (Lipinski definition) is 3. The zero-order valence-electron chi connectivity index (χ0n) is 14.5. The SMILES string of the molecule is COCCOc1ccc(NC(=O)C2(C)CCCCC2)cc1C(F)(F)F. The third-order valence-corrected chi connectivity index (χ3v) is 4.59. The molecule has 140 valence electrons. The van der Waals surface area contributed by atoms with E-state index in [1.165, 1.54) is 19.2 Å². The normalized spacial score (nSPS) is 17.2. The van der Waals surface area contributed by atoms with Crippen molar-refractivity contribution in [1.82, 2.24) is 0 Å². The summed E-state index contributed by atoms with van der Waals surface area (Å²) in [5.41, 5.74) is -1.30. The molecule has 7 heteroatoms. The van der Waals surface area contributed by atoms with Gasteiger partial charge in [0.2, 0.25) is 5.91 Å². The topological polar surface area (TPSA) is 47.6 Å². The van der Waals surface area contributed by atoms with Crippen LogP contribution in [-0.2, 0) is 15.7 Å². The molecule has 2 rings (SSSR count). The molecule has 4 nitrogen and oxygen atoms in total. The second kappa shape index (κ2) is 8.08. The quantitative estimate of drug-likeness (QED) is 0.753. The van der Waals surface area contributed by atoms with E-state index in [0.717, 1.165) is 38.2 Å². The van der Waals surface area contributed by atoms with E-state index in [1.54, 1.807) is 0 Å². The van der Waals surface area contributed by atoms with Gasteiger partial charge in [-0.1, -0.05) is 26.2 Å². The molecule has 1 aromatic carbocycles. The van der Waals surface area contributed by atoms with Gasteiger partial charge in [-0.2, -0.15) is 13.2 Å². The van der Waals surface area contributed by atoms with Crippen LogP contribution in [0.3, 0.4) is 0 Å². The van der Waals surface area contributed by atoms with Crippen LogP contribution in [0.4, 0.5) is 18.9 Å². The summed E-state index contributed by atoms with van der Waals surface area (Å²) in [6.07, 6.45) is -0.0488. The average Bonchev–Trinajstić information content (AvgIpc) is 2.56. The molecule has 0 aromatic heterocycles. The third kappa shape index (κ3) is 5.11. The number of alkyl halides is 3. The highest BCUT2D eigenvalue weighted by atomic mass is 19.4. The van der Waals surface area contributed by atoms with Gasteiger partial charge in [-0.05, 0) is 31.0 Å². The van der Waals surface area contributed by atoms with Gasteiger partial charge in [0.1, 0.15) is 12.4 Å². The number of benzene rings is 1. The highest BCUT2D eigenvalue weighted by Crippen LogP contribution is 2.40. The molecule has 0 spiro atoms. The Morgan fingerprint density at radius 3 is 2.48 bits per heavy atom. The number of amides is 1. The van der Waals surface area contributed by atoms with Crippen LogP contribution in [0.2, 0.25) is 0 Å². The maximum atomic E-state index is 13.3. The average molecular weight is 359 g/mol. The summed E-state index contributed by atoms with van der Waals surface area (Å²) in [5.74, 6) is -0.500.